The van der Waals surface area contributed by atoms with E-state index in [-0.39, 0.29) is 34.4 Å². The van der Waals surface area contributed by atoms with E-state index in [1.807, 2.05) is 6.07 Å². The molecule has 2 aliphatic heterocycles. The van der Waals surface area contributed by atoms with Crippen LogP contribution in [0.15, 0.2) is 28.7 Å². The van der Waals surface area contributed by atoms with Crippen LogP contribution in [0.2, 0.25) is 0 Å². The Balaban J connectivity index is 1.32. The topological polar surface area (TPSA) is 128 Å². The van der Waals surface area contributed by atoms with Crippen molar-refractivity contribution in [3.05, 3.63) is 58.0 Å². The minimum atomic E-state index is -0.452. The second-order valence-electron chi connectivity index (χ2n) is 11.9. The zero-order valence-electron chi connectivity index (χ0n) is 25.7. The summed E-state index contributed by atoms with van der Waals surface area (Å²) in [5.41, 5.74) is 9.87. The van der Waals surface area contributed by atoms with Gasteiger partial charge in [-0.15, -0.1) is 0 Å². The number of nitrogens with one attached hydrogen (secondary N) is 1. The van der Waals surface area contributed by atoms with E-state index in [2.05, 4.69) is 71.8 Å². The fourth-order valence-corrected chi connectivity index (χ4v) is 5.95. The maximum atomic E-state index is 13.3. The third-order valence-electron chi connectivity index (χ3n) is 8.09. The molecule has 0 spiro atoms. The summed E-state index contributed by atoms with van der Waals surface area (Å²) in [6.45, 7) is 15.2. The van der Waals surface area contributed by atoms with E-state index >= 15 is 0 Å². The highest BCUT2D eigenvalue weighted by Gasteiger charge is 2.43. The highest BCUT2D eigenvalue weighted by atomic mass is 16.5. The molecule has 2 aromatic heterocycles. The number of anilines is 2. The first-order valence-electron chi connectivity index (χ1n) is 14.4. The van der Waals surface area contributed by atoms with Crippen LogP contribution in [0.5, 0.6) is 11.8 Å². The number of hydrogen-bond acceptors (Lipinski definition) is 10. The lowest BCUT2D eigenvalue weighted by molar-refractivity contribution is -0.105. The first-order chi connectivity index (χ1) is 20.0. The van der Waals surface area contributed by atoms with E-state index in [0.717, 1.165) is 43.9 Å². The summed E-state index contributed by atoms with van der Waals surface area (Å²) in [4.78, 5) is 26.8. The molecule has 0 unspecified atom stereocenters. The molecule has 1 aromatic carbocycles. The maximum Gasteiger partial charge on any atom is 0.291 e. The minimum Gasteiger partial charge on any atom is -0.479 e. The molecule has 0 bridgehead atoms. The number of ether oxygens (including phenoxy) is 3. The van der Waals surface area contributed by atoms with Crippen LogP contribution in [0.25, 0.3) is 0 Å². The number of nitrogens with two attached hydrogens (primary N) is 1. The van der Waals surface area contributed by atoms with Crippen LogP contribution < -0.4 is 25.4 Å². The molecule has 0 radical (unpaired) electrons. The van der Waals surface area contributed by atoms with Gasteiger partial charge in [-0.05, 0) is 69.0 Å². The number of aromatic nitrogens is 2. The van der Waals surface area contributed by atoms with E-state index < -0.39 is 5.91 Å². The smallest absolute Gasteiger partial charge is 0.291 e. The molecule has 3 aromatic rings. The van der Waals surface area contributed by atoms with Gasteiger partial charge in [0.15, 0.2) is 11.4 Å². The third kappa shape index (κ3) is 5.81. The molecule has 11 heteroatoms. The van der Waals surface area contributed by atoms with Crippen LogP contribution in [0, 0.1) is 6.92 Å². The molecular formula is C31H42N6O5. The summed E-state index contributed by atoms with van der Waals surface area (Å²) in [5, 5.41) is 2.83. The first-order valence-corrected chi connectivity index (χ1v) is 14.4. The molecule has 1 fully saturated rings. The highest BCUT2D eigenvalue weighted by Crippen LogP contribution is 2.47. The fraction of sp³-hybridized carbons (Fsp3) is 0.516. The van der Waals surface area contributed by atoms with E-state index in [1.54, 1.807) is 6.07 Å². The molecule has 0 atom stereocenters. The van der Waals surface area contributed by atoms with Crippen molar-refractivity contribution in [1.29, 1.82) is 0 Å². The summed E-state index contributed by atoms with van der Waals surface area (Å²) >= 11 is 0. The number of carbonyl (C=O) groups excluding carboxylic acids is 1. The summed E-state index contributed by atoms with van der Waals surface area (Å²) in [7, 11) is 3.00. The number of furan rings is 1. The number of nitrogens with zero attached hydrogens (tertiary/aromatic N) is 4. The molecule has 2 aliphatic rings. The van der Waals surface area contributed by atoms with Crippen LogP contribution in [-0.4, -0.2) is 74.3 Å². The van der Waals surface area contributed by atoms with E-state index in [0.29, 0.717) is 24.7 Å². The molecule has 226 valence electrons. The van der Waals surface area contributed by atoms with E-state index in [1.165, 1.54) is 25.3 Å². The van der Waals surface area contributed by atoms with Gasteiger partial charge >= 0.3 is 0 Å². The molecule has 3 N–H and O–H groups in total. The van der Waals surface area contributed by atoms with Crippen LogP contribution in [0.3, 0.4) is 0 Å². The van der Waals surface area contributed by atoms with Crippen LogP contribution >= 0.6 is 0 Å². The number of fused-ring (bicyclic) bond motifs is 1. The Kier molecular flexibility index (Phi) is 8.19. The Hall–Kier alpha value is -3.67. The summed E-state index contributed by atoms with van der Waals surface area (Å²) in [6, 6.07) is 7.90. The highest BCUT2D eigenvalue weighted by molar-refractivity contribution is 6.03. The lowest BCUT2D eigenvalue weighted by atomic mass is 9.86. The third-order valence-corrected chi connectivity index (χ3v) is 8.09. The van der Waals surface area contributed by atoms with Gasteiger partial charge in [0.05, 0.1) is 25.4 Å². The second-order valence-corrected chi connectivity index (χ2v) is 11.9. The molecule has 5 rings (SSSR count). The molecular weight excluding hydrogens is 536 g/mol. The Morgan fingerprint density at radius 2 is 1.62 bits per heavy atom. The SMILES string of the molecule is COc1nc(N2CCN(CCN)CC2)nc(OC)c1NC(=O)c1ccc(Cc2cc3c(cc2C)C(C)(C)OC3(C)C)o1. The van der Waals surface area contributed by atoms with Gasteiger partial charge in [0.25, 0.3) is 5.91 Å². The maximum absolute atomic E-state index is 13.3. The van der Waals surface area contributed by atoms with Gasteiger partial charge in [0.2, 0.25) is 17.7 Å². The number of aryl methyl sites for hydroxylation is 1. The van der Waals surface area contributed by atoms with Crippen LogP contribution in [-0.2, 0) is 22.4 Å². The average molecular weight is 579 g/mol. The largest absolute Gasteiger partial charge is 0.479 e. The van der Waals surface area contributed by atoms with Crippen molar-refractivity contribution in [3.8, 4) is 11.8 Å². The quantitative estimate of drug-likeness (QED) is 0.387. The van der Waals surface area contributed by atoms with E-state index in [4.69, 9.17) is 24.4 Å². The van der Waals surface area contributed by atoms with Gasteiger partial charge in [-0.1, -0.05) is 12.1 Å². The van der Waals surface area contributed by atoms with Gasteiger partial charge in [-0.25, -0.2) is 0 Å². The zero-order valence-corrected chi connectivity index (χ0v) is 25.7. The normalized spacial score (nSPS) is 17.7. The number of hydrogen-bond donors (Lipinski definition) is 2. The zero-order chi connectivity index (χ0) is 30.2. The van der Waals surface area contributed by atoms with Crippen molar-refractivity contribution >= 4 is 17.5 Å². The van der Waals surface area contributed by atoms with Crippen LogP contribution in [0.4, 0.5) is 11.6 Å². The van der Waals surface area contributed by atoms with Crippen molar-refractivity contribution < 1.29 is 23.4 Å². The number of methoxy groups -OCH3 is 2. The number of carbonyl (C=O) groups is 1. The number of benzene rings is 1. The summed E-state index contributed by atoms with van der Waals surface area (Å²) < 4.78 is 23.4. The second kappa shape index (κ2) is 11.5. The van der Waals surface area contributed by atoms with Crippen molar-refractivity contribution in [2.24, 2.45) is 5.73 Å². The lowest BCUT2D eigenvalue weighted by Crippen LogP contribution is -2.48. The fourth-order valence-electron chi connectivity index (χ4n) is 5.95. The van der Waals surface area contributed by atoms with E-state index in [9.17, 15) is 4.79 Å². The molecule has 42 heavy (non-hydrogen) atoms. The lowest BCUT2D eigenvalue weighted by Gasteiger charge is -2.34. The van der Waals surface area contributed by atoms with Crippen LogP contribution in [0.1, 0.15) is 66.3 Å². The minimum absolute atomic E-state index is 0.165. The Morgan fingerprint density at radius 3 is 2.21 bits per heavy atom. The molecule has 0 saturated carbocycles. The Bertz CT molecular complexity index is 1430. The summed E-state index contributed by atoms with van der Waals surface area (Å²) in [5.74, 6) is 1.30. The van der Waals surface area contributed by atoms with Gasteiger partial charge in [-0.3, -0.25) is 9.69 Å². The Labute approximate surface area is 247 Å². The van der Waals surface area contributed by atoms with Crippen molar-refractivity contribution in [3.63, 3.8) is 0 Å². The molecule has 0 aliphatic carbocycles. The molecule has 4 heterocycles. The van der Waals surface area contributed by atoms with Gasteiger partial charge < -0.3 is 34.6 Å². The standard InChI is InChI=1S/C31H42N6O5/c1-19-16-22-23(31(4,5)42-30(22,2)3)18-20(19)17-21-8-9-24(41-21)26(38)33-25-27(39-6)34-29(35-28(25)40-7)37-14-12-36(11-10-32)13-15-37/h8-9,16,18H,10-15,17,32H2,1-7H3,(H,33,38). The van der Waals surface area contributed by atoms with Crippen molar-refractivity contribution in [2.45, 2.75) is 52.2 Å². The van der Waals surface area contributed by atoms with Gasteiger partial charge in [-0.2, -0.15) is 9.97 Å². The number of piperazine rings is 1. The first kappa shape index (κ1) is 29.8. The Morgan fingerprint density at radius 1 is 1.00 bits per heavy atom. The number of amides is 1. The predicted molar refractivity (Wildman–Crippen MR) is 161 cm³/mol. The molecule has 1 amide bonds. The predicted octanol–water partition coefficient (Wildman–Crippen LogP) is 3.82. The monoisotopic (exact) mass is 578 g/mol. The van der Waals surface area contributed by atoms with Crippen molar-refractivity contribution in [2.75, 3.05) is 63.7 Å². The van der Waals surface area contributed by atoms with Gasteiger partial charge in [0.1, 0.15) is 5.76 Å². The summed E-state index contributed by atoms with van der Waals surface area (Å²) in [6.07, 6.45) is 0.548. The van der Waals surface area contributed by atoms with Crippen molar-refractivity contribution in [1.82, 2.24) is 14.9 Å². The molecule has 1 saturated heterocycles. The average Bonchev–Trinajstić information content (AvgIpc) is 3.49. The molecule has 11 nitrogen and oxygen atoms in total. The van der Waals surface area contributed by atoms with Gasteiger partial charge in [0, 0.05) is 45.7 Å². The number of rotatable bonds is 9.